The first-order valence-corrected chi connectivity index (χ1v) is 4.83. The van der Waals surface area contributed by atoms with E-state index in [1.54, 1.807) is 5.57 Å². The summed E-state index contributed by atoms with van der Waals surface area (Å²) in [4.78, 5) is 0. The van der Waals surface area contributed by atoms with Gasteiger partial charge in [-0.2, -0.15) is 0 Å². The minimum Gasteiger partial charge on any atom is -0.379 e. The summed E-state index contributed by atoms with van der Waals surface area (Å²) in [6.07, 6.45) is 4.96. The lowest BCUT2D eigenvalue weighted by Gasteiger charge is -2.55. The van der Waals surface area contributed by atoms with Crippen molar-refractivity contribution in [3.63, 3.8) is 0 Å². The van der Waals surface area contributed by atoms with E-state index >= 15 is 0 Å². The van der Waals surface area contributed by atoms with Crippen LogP contribution in [0.25, 0.3) is 0 Å². The Morgan fingerprint density at radius 3 is 2.33 bits per heavy atom. The Kier molecular flexibility index (Phi) is 1.63. The Morgan fingerprint density at radius 1 is 1.33 bits per heavy atom. The monoisotopic (exact) mass is 166 g/mol. The van der Waals surface area contributed by atoms with Crippen LogP contribution in [0.5, 0.6) is 0 Å². The van der Waals surface area contributed by atoms with Crippen molar-refractivity contribution in [1.82, 2.24) is 0 Å². The van der Waals surface area contributed by atoms with Crippen LogP contribution in [0.2, 0.25) is 0 Å². The minimum absolute atomic E-state index is 0.394. The van der Waals surface area contributed by atoms with Gasteiger partial charge in [0.25, 0.3) is 0 Å². The minimum atomic E-state index is 0.394. The van der Waals surface area contributed by atoms with Gasteiger partial charge in [-0.3, -0.25) is 0 Å². The topological polar surface area (TPSA) is 9.23 Å². The molecule has 2 rings (SSSR count). The zero-order valence-electron chi connectivity index (χ0n) is 8.31. The molecule has 0 amide bonds. The number of rotatable bonds is 0. The van der Waals surface area contributed by atoms with E-state index < -0.39 is 0 Å². The first-order valence-electron chi connectivity index (χ1n) is 4.83. The lowest BCUT2D eigenvalue weighted by Crippen LogP contribution is -2.55. The van der Waals surface area contributed by atoms with Crippen molar-refractivity contribution >= 4 is 0 Å². The molecule has 1 aliphatic carbocycles. The number of ether oxygens (including phenoxy) is 1. The molecule has 1 nitrogen and oxygen atoms in total. The van der Waals surface area contributed by atoms with Crippen molar-refractivity contribution in [2.45, 2.75) is 33.6 Å². The zero-order valence-corrected chi connectivity index (χ0v) is 8.31. The van der Waals surface area contributed by atoms with Gasteiger partial charge in [0.1, 0.15) is 0 Å². The van der Waals surface area contributed by atoms with Crippen LogP contribution in [0.4, 0.5) is 0 Å². The predicted molar refractivity (Wildman–Crippen MR) is 50.0 cm³/mol. The average molecular weight is 166 g/mol. The van der Waals surface area contributed by atoms with Crippen molar-refractivity contribution in [2.24, 2.45) is 10.8 Å². The van der Waals surface area contributed by atoms with E-state index in [2.05, 4.69) is 26.8 Å². The molecule has 0 saturated carbocycles. The predicted octanol–water partition coefficient (Wildman–Crippen LogP) is 2.77. The van der Waals surface area contributed by atoms with Crippen molar-refractivity contribution < 1.29 is 4.74 Å². The van der Waals surface area contributed by atoms with Crippen LogP contribution in [0.3, 0.4) is 0 Å². The van der Waals surface area contributed by atoms with Crippen LogP contribution in [0, 0.1) is 10.8 Å². The lowest BCUT2D eigenvalue weighted by atomic mass is 9.56. The summed E-state index contributed by atoms with van der Waals surface area (Å²) in [7, 11) is 0. The Morgan fingerprint density at radius 2 is 2.00 bits per heavy atom. The third-order valence-electron chi connectivity index (χ3n) is 3.97. The fourth-order valence-corrected chi connectivity index (χ4v) is 2.54. The van der Waals surface area contributed by atoms with Crippen LogP contribution >= 0.6 is 0 Å². The van der Waals surface area contributed by atoms with Gasteiger partial charge in [-0.1, -0.05) is 25.5 Å². The van der Waals surface area contributed by atoms with Crippen molar-refractivity contribution in [3.8, 4) is 0 Å². The molecule has 0 N–H and O–H groups in total. The second kappa shape index (κ2) is 2.35. The molecule has 0 atom stereocenters. The summed E-state index contributed by atoms with van der Waals surface area (Å²) in [5, 5.41) is 0. The summed E-state index contributed by atoms with van der Waals surface area (Å²) in [6.45, 7) is 8.92. The summed E-state index contributed by atoms with van der Waals surface area (Å²) >= 11 is 0. The summed E-state index contributed by atoms with van der Waals surface area (Å²) < 4.78 is 5.38. The fourth-order valence-electron chi connectivity index (χ4n) is 2.54. The van der Waals surface area contributed by atoms with Gasteiger partial charge in [-0.05, 0) is 25.2 Å². The molecule has 1 aliphatic heterocycles. The normalized spacial score (nSPS) is 31.1. The molecule has 1 spiro atoms. The van der Waals surface area contributed by atoms with E-state index in [1.165, 1.54) is 12.8 Å². The standard InChI is InChI=1S/C11H18O/c1-9-5-4-6-10(2,3)11(9)7-12-8-11/h5H,4,6-8H2,1-3H3. The van der Waals surface area contributed by atoms with E-state index in [1.807, 2.05) is 0 Å². The second-order valence-corrected chi connectivity index (χ2v) is 4.88. The first kappa shape index (κ1) is 8.31. The van der Waals surface area contributed by atoms with Crippen LogP contribution in [0.1, 0.15) is 33.6 Å². The fraction of sp³-hybridized carbons (Fsp3) is 0.818. The molecule has 0 aromatic heterocycles. The Labute approximate surface area is 74.8 Å². The van der Waals surface area contributed by atoms with Gasteiger partial charge in [0, 0.05) is 5.41 Å². The summed E-state index contributed by atoms with van der Waals surface area (Å²) in [6, 6.07) is 0. The number of hydrogen-bond donors (Lipinski definition) is 0. The quantitative estimate of drug-likeness (QED) is 0.503. The van der Waals surface area contributed by atoms with Gasteiger partial charge in [0.2, 0.25) is 0 Å². The highest BCUT2D eigenvalue weighted by atomic mass is 16.5. The van der Waals surface area contributed by atoms with Crippen molar-refractivity contribution in [2.75, 3.05) is 13.2 Å². The Bertz CT molecular complexity index is 221. The molecule has 0 radical (unpaired) electrons. The maximum Gasteiger partial charge on any atom is 0.0587 e. The summed E-state index contributed by atoms with van der Waals surface area (Å²) in [5.74, 6) is 0. The maximum atomic E-state index is 5.38. The van der Waals surface area contributed by atoms with Gasteiger partial charge in [0.05, 0.1) is 13.2 Å². The van der Waals surface area contributed by atoms with Crippen LogP contribution in [-0.4, -0.2) is 13.2 Å². The Hall–Kier alpha value is -0.300. The molecule has 1 fully saturated rings. The Balaban J connectivity index is 2.35. The molecule has 1 heterocycles. The lowest BCUT2D eigenvalue weighted by molar-refractivity contribution is -0.156. The third-order valence-corrected chi connectivity index (χ3v) is 3.97. The molecular weight excluding hydrogens is 148 g/mol. The molecule has 0 aromatic carbocycles. The number of hydrogen-bond acceptors (Lipinski definition) is 1. The molecule has 12 heavy (non-hydrogen) atoms. The van der Waals surface area contributed by atoms with Crippen LogP contribution in [-0.2, 0) is 4.74 Å². The highest BCUT2D eigenvalue weighted by Gasteiger charge is 2.52. The smallest absolute Gasteiger partial charge is 0.0587 e. The van der Waals surface area contributed by atoms with Crippen molar-refractivity contribution in [1.29, 1.82) is 0 Å². The molecule has 1 saturated heterocycles. The molecule has 2 aliphatic rings. The average Bonchev–Trinajstić information content (AvgIpc) is 1.80. The van der Waals surface area contributed by atoms with Crippen LogP contribution in [0.15, 0.2) is 11.6 Å². The highest BCUT2D eigenvalue weighted by Crippen LogP contribution is 2.54. The van der Waals surface area contributed by atoms with Gasteiger partial charge < -0.3 is 4.74 Å². The molecular formula is C11H18O. The summed E-state index contributed by atoms with van der Waals surface area (Å²) in [5.41, 5.74) is 2.40. The molecule has 0 bridgehead atoms. The van der Waals surface area contributed by atoms with E-state index in [4.69, 9.17) is 4.74 Å². The maximum absolute atomic E-state index is 5.38. The third kappa shape index (κ3) is 0.832. The van der Waals surface area contributed by atoms with Gasteiger partial charge in [-0.15, -0.1) is 0 Å². The van der Waals surface area contributed by atoms with Crippen LogP contribution < -0.4 is 0 Å². The molecule has 1 heteroatoms. The van der Waals surface area contributed by atoms with Gasteiger partial charge >= 0.3 is 0 Å². The van der Waals surface area contributed by atoms with Gasteiger partial charge in [-0.25, -0.2) is 0 Å². The van der Waals surface area contributed by atoms with E-state index in [0.29, 0.717) is 10.8 Å². The zero-order chi connectivity index (χ0) is 8.82. The first-order chi connectivity index (χ1) is 5.58. The van der Waals surface area contributed by atoms with E-state index in [0.717, 1.165) is 13.2 Å². The number of allylic oxidation sites excluding steroid dienone is 1. The second-order valence-electron chi connectivity index (χ2n) is 4.88. The highest BCUT2D eigenvalue weighted by molar-refractivity contribution is 5.23. The van der Waals surface area contributed by atoms with E-state index in [9.17, 15) is 0 Å². The van der Waals surface area contributed by atoms with E-state index in [-0.39, 0.29) is 0 Å². The molecule has 0 unspecified atom stereocenters. The largest absolute Gasteiger partial charge is 0.379 e. The SMILES string of the molecule is CC1=CCCC(C)(C)C12COC2. The van der Waals surface area contributed by atoms with Gasteiger partial charge in [0.15, 0.2) is 0 Å². The molecule has 68 valence electrons. The molecule has 0 aromatic rings. The van der Waals surface area contributed by atoms with Crippen molar-refractivity contribution in [3.05, 3.63) is 11.6 Å².